The molecular formula is C15H24N4Si. The molecule has 0 saturated heterocycles. The Hall–Kier alpha value is -1.46. The van der Waals surface area contributed by atoms with Crippen LogP contribution in [0.2, 0.25) is 19.6 Å². The topological polar surface area (TPSA) is 42.7 Å². The Kier molecular flexibility index (Phi) is 4.40. The fraction of sp³-hybridized carbons (Fsp3) is 0.467. The van der Waals surface area contributed by atoms with Gasteiger partial charge in [0.15, 0.2) is 0 Å². The Labute approximate surface area is 122 Å². The summed E-state index contributed by atoms with van der Waals surface area (Å²) in [5, 5.41) is 13.0. The van der Waals surface area contributed by atoms with Gasteiger partial charge in [-0.25, -0.2) is 0 Å². The van der Waals surface area contributed by atoms with Gasteiger partial charge in [0.05, 0.1) is 14.1 Å². The summed E-state index contributed by atoms with van der Waals surface area (Å²) >= 11 is 0. The molecule has 0 fully saturated rings. The van der Waals surface area contributed by atoms with Gasteiger partial charge in [-0.2, -0.15) is 0 Å². The average molecular weight is 288 g/mol. The van der Waals surface area contributed by atoms with E-state index in [-0.39, 0.29) is 6.04 Å². The number of rotatable bonds is 5. The number of nitrogens with zero attached hydrogens (tertiary/aromatic N) is 3. The van der Waals surface area contributed by atoms with Gasteiger partial charge in [-0.3, -0.25) is 0 Å². The van der Waals surface area contributed by atoms with Crippen molar-refractivity contribution in [2.75, 3.05) is 0 Å². The van der Waals surface area contributed by atoms with Crippen LogP contribution in [-0.4, -0.2) is 22.8 Å². The van der Waals surface area contributed by atoms with Crippen LogP contribution in [0.3, 0.4) is 0 Å². The van der Waals surface area contributed by atoms with Crippen molar-refractivity contribution in [2.24, 2.45) is 7.05 Å². The fourth-order valence-electron chi connectivity index (χ4n) is 2.17. The van der Waals surface area contributed by atoms with Crippen LogP contribution in [0.4, 0.5) is 0 Å². The first-order chi connectivity index (χ1) is 9.38. The van der Waals surface area contributed by atoms with Gasteiger partial charge in [-0.15, -0.1) is 10.2 Å². The van der Waals surface area contributed by atoms with Gasteiger partial charge in [0.1, 0.15) is 12.2 Å². The van der Waals surface area contributed by atoms with E-state index < -0.39 is 8.07 Å². The molecule has 0 radical (unpaired) electrons. The van der Waals surface area contributed by atoms with Gasteiger partial charge < -0.3 is 9.88 Å². The molecule has 1 atom stereocenters. The van der Waals surface area contributed by atoms with Crippen LogP contribution in [-0.2, 0) is 13.6 Å². The highest BCUT2D eigenvalue weighted by atomic mass is 28.3. The first kappa shape index (κ1) is 14.9. The fourth-order valence-corrected chi connectivity index (χ4v) is 3.34. The largest absolute Gasteiger partial charge is 0.319 e. The third kappa shape index (κ3) is 3.55. The third-order valence-corrected chi connectivity index (χ3v) is 5.63. The first-order valence-electron chi connectivity index (χ1n) is 7.04. The van der Waals surface area contributed by atoms with Gasteiger partial charge in [-0.05, 0) is 12.5 Å². The number of aromatic nitrogens is 3. The van der Waals surface area contributed by atoms with Crippen LogP contribution in [0.25, 0.3) is 0 Å². The van der Waals surface area contributed by atoms with E-state index in [1.807, 2.05) is 11.6 Å². The van der Waals surface area contributed by atoms with Crippen molar-refractivity contribution in [3.8, 4) is 0 Å². The Balaban J connectivity index is 1.96. The van der Waals surface area contributed by atoms with Gasteiger partial charge >= 0.3 is 0 Å². The smallest absolute Gasteiger partial charge is 0.149 e. The van der Waals surface area contributed by atoms with Crippen LogP contribution in [0.15, 0.2) is 30.6 Å². The number of benzene rings is 1. The Morgan fingerprint density at radius 1 is 1.20 bits per heavy atom. The molecule has 1 unspecified atom stereocenters. The summed E-state index contributed by atoms with van der Waals surface area (Å²) in [5.41, 5.74) is 1.31. The quantitative estimate of drug-likeness (QED) is 0.858. The highest BCUT2D eigenvalue weighted by Gasteiger charge is 2.16. The van der Waals surface area contributed by atoms with Gasteiger partial charge in [-0.1, -0.05) is 49.1 Å². The Morgan fingerprint density at radius 3 is 2.35 bits per heavy atom. The van der Waals surface area contributed by atoms with Crippen LogP contribution >= 0.6 is 0 Å². The summed E-state index contributed by atoms with van der Waals surface area (Å²) < 4.78 is 1.95. The summed E-state index contributed by atoms with van der Waals surface area (Å²) in [6.07, 6.45) is 1.73. The van der Waals surface area contributed by atoms with E-state index in [0.717, 1.165) is 12.4 Å². The average Bonchev–Trinajstić information content (AvgIpc) is 2.82. The molecule has 0 aliphatic carbocycles. The molecule has 20 heavy (non-hydrogen) atoms. The molecule has 0 spiro atoms. The van der Waals surface area contributed by atoms with Gasteiger partial charge in [0, 0.05) is 13.6 Å². The van der Waals surface area contributed by atoms with E-state index in [1.165, 1.54) is 10.8 Å². The molecule has 2 rings (SSSR count). The predicted molar refractivity (Wildman–Crippen MR) is 85.7 cm³/mol. The Bertz CT molecular complexity index is 554. The van der Waals surface area contributed by atoms with Crippen molar-refractivity contribution in [2.45, 2.75) is 39.2 Å². The Morgan fingerprint density at radius 2 is 1.85 bits per heavy atom. The van der Waals surface area contributed by atoms with Gasteiger partial charge in [0.25, 0.3) is 0 Å². The molecule has 0 aliphatic rings. The van der Waals surface area contributed by atoms with Crippen LogP contribution < -0.4 is 10.5 Å². The highest BCUT2D eigenvalue weighted by Crippen LogP contribution is 2.09. The van der Waals surface area contributed by atoms with Crippen molar-refractivity contribution in [3.05, 3.63) is 42.0 Å². The molecule has 0 saturated carbocycles. The lowest BCUT2D eigenvalue weighted by molar-refractivity contribution is 0.528. The zero-order chi connectivity index (χ0) is 14.8. The standard InChI is InChI=1S/C15H24N4Si/c1-12(15-18-17-11-19(15)2)16-10-13-6-8-14(9-7-13)20(3,4)5/h6-9,11-12,16H,10H2,1-5H3. The van der Waals surface area contributed by atoms with Crippen molar-refractivity contribution in [1.29, 1.82) is 0 Å². The molecule has 108 valence electrons. The van der Waals surface area contributed by atoms with E-state index in [2.05, 4.69) is 66.3 Å². The van der Waals surface area contributed by atoms with E-state index >= 15 is 0 Å². The molecule has 0 aliphatic heterocycles. The second-order valence-electron chi connectivity index (χ2n) is 6.35. The molecule has 1 heterocycles. The second kappa shape index (κ2) is 5.89. The van der Waals surface area contributed by atoms with E-state index in [9.17, 15) is 0 Å². The van der Waals surface area contributed by atoms with E-state index in [0.29, 0.717) is 0 Å². The summed E-state index contributed by atoms with van der Waals surface area (Å²) in [4.78, 5) is 0. The maximum Gasteiger partial charge on any atom is 0.149 e. The molecule has 5 heteroatoms. The van der Waals surface area contributed by atoms with Crippen LogP contribution in [0, 0.1) is 0 Å². The van der Waals surface area contributed by atoms with Crippen LogP contribution in [0.1, 0.15) is 24.4 Å². The molecule has 1 N–H and O–H groups in total. The van der Waals surface area contributed by atoms with Crippen molar-refractivity contribution in [1.82, 2.24) is 20.1 Å². The predicted octanol–water partition coefficient (Wildman–Crippen LogP) is 2.21. The molecule has 2 aromatic rings. The minimum Gasteiger partial charge on any atom is -0.319 e. The first-order valence-corrected chi connectivity index (χ1v) is 10.5. The lowest BCUT2D eigenvalue weighted by Gasteiger charge is -2.17. The van der Waals surface area contributed by atoms with E-state index in [4.69, 9.17) is 0 Å². The van der Waals surface area contributed by atoms with E-state index in [1.54, 1.807) is 6.33 Å². The van der Waals surface area contributed by atoms with Crippen LogP contribution in [0.5, 0.6) is 0 Å². The lowest BCUT2D eigenvalue weighted by atomic mass is 10.2. The normalized spacial score (nSPS) is 13.4. The summed E-state index contributed by atoms with van der Waals surface area (Å²) in [7, 11) is 0.774. The maximum atomic E-state index is 4.13. The molecule has 4 nitrogen and oxygen atoms in total. The SMILES string of the molecule is CC(NCc1ccc([Si](C)(C)C)cc1)c1nncn1C. The number of aryl methyl sites for hydroxylation is 1. The van der Waals surface area contributed by atoms with Gasteiger partial charge in [0.2, 0.25) is 0 Å². The molecular weight excluding hydrogens is 264 g/mol. The number of nitrogens with one attached hydrogen (secondary N) is 1. The molecule has 0 bridgehead atoms. The minimum atomic E-state index is -1.19. The maximum absolute atomic E-state index is 4.13. The molecule has 1 aromatic heterocycles. The number of hydrogen-bond donors (Lipinski definition) is 1. The zero-order valence-electron chi connectivity index (χ0n) is 13.0. The third-order valence-electron chi connectivity index (χ3n) is 3.57. The minimum absolute atomic E-state index is 0.194. The highest BCUT2D eigenvalue weighted by molar-refractivity contribution is 6.88. The summed E-state index contributed by atoms with van der Waals surface area (Å²) in [6, 6.07) is 9.19. The van der Waals surface area contributed by atoms with Crippen molar-refractivity contribution >= 4 is 13.3 Å². The van der Waals surface area contributed by atoms with Crippen molar-refractivity contribution < 1.29 is 0 Å². The summed E-state index contributed by atoms with van der Waals surface area (Å²) in [6.45, 7) is 10.1. The monoisotopic (exact) mass is 288 g/mol. The molecule has 1 aromatic carbocycles. The van der Waals surface area contributed by atoms with Crippen molar-refractivity contribution in [3.63, 3.8) is 0 Å². The lowest BCUT2D eigenvalue weighted by Crippen LogP contribution is -2.37. The summed E-state index contributed by atoms with van der Waals surface area (Å²) in [5.74, 6) is 0.962. The zero-order valence-corrected chi connectivity index (χ0v) is 14.0. The number of hydrogen-bond acceptors (Lipinski definition) is 3. The second-order valence-corrected chi connectivity index (χ2v) is 11.4. The molecule has 0 amide bonds.